The Balaban J connectivity index is 1.76. The Morgan fingerprint density at radius 3 is 2.74 bits per heavy atom. The summed E-state index contributed by atoms with van der Waals surface area (Å²) in [6.45, 7) is 0.0871. The van der Waals surface area contributed by atoms with Gasteiger partial charge in [-0.1, -0.05) is 30.3 Å². The van der Waals surface area contributed by atoms with E-state index in [0.29, 0.717) is 10.6 Å². The number of benzene rings is 1. The lowest BCUT2D eigenvalue weighted by atomic mass is 9.95. The molecule has 0 aliphatic heterocycles. The van der Waals surface area contributed by atoms with Crippen LogP contribution in [-0.4, -0.2) is 34.0 Å². The van der Waals surface area contributed by atoms with Gasteiger partial charge in [0, 0.05) is 11.1 Å². The van der Waals surface area contributed by atoms with Crippen molar-refractivity contribution in [1.82, 2.24) is 9.55 Å². The third-order valence-corrected chi connectivity index (χ3v) is 6.44. The third-order valence-electron chi connectivity index (χ3n) is 5.24. The van der Waals surface area contributed by atoms with E-state index < -0.39 is 23.1 Å². The number of hydrogen-bond donors (Lipinski definition) is 2. The van der Waals surface area contributed by atoms with Crippen LogP contribution in [0, 0.1) is 0 Å². The quantitative estimate of drug-likeness (QED) is 0.469. The van der Waals surface area contributed by atoms with E-state index in [0.717, 1.165) is 46.3 Å². The van der Waals surface area contributed by atoms with Crippen molar-refractivity contribution >= 4 is 28.5 Å². The van der Waals surface area contributed by atoms with E-state index in [1.54, 1.807) is 0 Å². The van der Waals surface area contributed by atoms with E-state index in [2.05, 4.69) is 9.98 Å². The maximum absolute atomic E-state index is 12.4. The number of H-pyrrole nitrogens is 1. The van der Waals surface area contributed by atoms with Crippen molar-refractivity contribution in [2.45, 2.75) is 32.2 Å². The van der Waals surface area contributed by atoms with Gasteiger partial charge >= 0.3 is 11.7 Å². The predicted molar refractivity (Wildman–Crippen MR) is 118 cm³/mol. The molecule has 2 N–H and O–H groups in total. The summed E-state index contributed by atoms with van der Waals surface area (Å²) in [6.07, 6.45) is 4.87. The van der Waals surface area contributed by atoms with Gasteiger partial charge in [-0.05, 0) is 36.8 Å². The molecule has 4 rings (SSSR count). The Morgan fingerprint density at radius 1 is 1.26 bits per heavy atom. The predicted octanol–water partition coefficient (Wildman–Crippen LogP) is 2.77. The molecule has 3 aromatic rings. The Hall–Kier alpha value is -3.46. The molecule has 1 aliphatic carbocycles. The molecular weight excluding hydrogens is 418 g/mol. The number of aromatic amines is 1. The molecule has 0 saturated carbocycles. The highest BCUT2D eigenvalue weighted by Gasteiger charge is 2.26. The number of aromatic nitrogens is 2. The molecule has 0 atom stereocenters. The highest BCUT2D eigenvalue weighted by atomic mass is 32.1. The summed E-state index contributed by atoms with van der Waals surface area (Å²) < 4.78 is 6.00. The summed E-state index contributed by atoms with van der Waals surface area (Å²) in [5.41, 5.74) is 0.516. The largest absolute Gasteiger partial charge is 0.494 e. The number of nitrogens with one attached hydrogen (secondary N) is 1. The van der Waals surface area contributed by atoms with Crippen LogP contribution in [0.15, 0.2) is 44.9 Å². The summed E-state index contributed by atoms with van der Waals surface area (Å²) in [5.74, 6) is -0.957. The van der Waals surface area contributed by atoms with E-state index in [1.165, 1.54) is 24.7 Å². The molecule has 2 heterocycles. The number of aromatic hydroxyl groups is 1. The lowest BCUT2D eigenvalue weighted by Crippen LogP contribution is -2.32. The Labute approximate surface area is 181 Å². The molecular formula is C22H21N3O5S. The van der Waals surface area contributed by atoms with Gasteiger partial charge in [-0.25, -0.2) is 14.6 Å². The molecule has 0 bridgehead atoms. The van der Waals surface area contributed by atoms with Crippen LogP contribution in [0.4, 0.5) is 5.00 Å². The first-order chi connectivity index (χ1) is 15.0. The lowest BCUT2D eigenvalue weighted by Gasteiger charge is -2.11. The van der Waals surface area contributed by atoms with Gasteiger partial charge in [0.05, 0.1) is 19.2 Å². The topological polar surface area (TPSA) is 114 Å². The number of thiophene rings is 1. The zero-order chi connectivity index (χ0) is 22.0. The zero-order valence-corrected chi connectivity index (χ0v) is 17.7. The fraction of sp³-hybridized carbons (Fsp3) is 0.273. The molecule has 9 heteroatoms. The second kappa shape index (κ2) is 8.73. The first-order valence-corrected chi connectivity index (χ1v) is 10.7. The van der Waals surface area contributed by atoms with Crippen LogP contribution in [0.1, 0.15) is 44.8 Å². The van der Waals surface area contributed by atoms with Gasteiger partial charge in [-0.2, -0.15) is 0 Å². The van der Waals surface area contributed by atoms with Crippen molar-refractivity contribution in [3.8, 4) is 5.88 Å². The molecule has 1 aromatic carbocycles. The van der Waals surface area contributed by atoms with Crippen molar-refractivity contribution < 1.29 is 14.6 Å². The monoisotopic (exact) mass is 439 g/mol. The van der Waals surface area contributed by atoms with Crippen molar-refractivity contribution in [2.75, 3.05) is 7.11 Å². The minimum absolute atomic E-state index is 0.0871. The van der Waals surface area contributed by atoms with Crippen LogP contribution in [-0.2, 0) is 24.1 Å². The van der Waals surface area contributed by atoms with Gasteiger partial charge in [-0.3, -0.25) is 14.3 Å². The number of esters is 1. The number of aryl methyl sites for hydroxylation is 1. The van der Waals surface area contributed by atoms with Crippen LogP contribution < -0.4 is 11.2 Å². The fourth-order valence-corrected chi connectivity index (χ4v) is 4.90. The number of rotatable bonds is 5. The van der Waals surface area contributed by atoms with Gasteiger partial charge in [-0.15, -0.1) is 11.3 Å². The average Bonchev–Trinajstić information content (AvgIpc) is 3.15. The minimum Gasteiger partial charge on any atom is -0.494 e. The molecule has 0 radical (unpaired) electrons. The van der Waals surface area contributed by atoms with Gasteiger partial charge in [0.25, 0.3) is 5.56 Å². The maximum Gasteiger partial charge on any atom is 0.341 e. The molecule has 31 heavy (non-hydrogen) atoms. The number of methoxy groups -OCH3 is 1. The number of aliphatic imine (C=N–C) groups is 1. The smallest absolute Gasteiger partial charge is 0.341 e. The normalized spacial score (nSPS) is 13.3. The van der Waals surface area contributed by atoms with Crippen LogP contribution in [0.3, 0.4) is 0 Å². The van der Waals surface area contributed by atoms with Crippen LogP contribution in [0.2, 0.25) is 0 Å². The maximum atomic E-state index is 12.4. The summed E-state index contributed by atoms with van der Waals surface area (Å²) in [5, 5.41) is 11.1. The molecule has 8 nitrogen and oxygen atoms in total. The number of carbonyl (C=O) groups is 1. The second-order valence-electron chi connectivity index (χ2n) is 7.21. The van der Waals surface area contributed by atoms with Crippen LogP contribution in [0.25, 0.3) is 0 Å². The van der Waals surface area contributed by atoms with E-state index in [9.17, 15) is 19.5 Å². The highest BCUT2D eigenvalue weighted by molar-refractivity contribution is 7.16. The average molecular weight is 439 g/mol. The van der Waals surface area contributed by atoms with Crippen molar-refractivity contribution in [3.05, 3.63) is 78.3 Å². The highest BCUT2D eigenvalue weighted by Crippen LogP contribution is 2.40. The van der Waals surface area contributed by atoms with E-state index in [4.69, 9.17) is 4.74 Å². The molecule has 0 saturated heterocycles. The van der Waals surface area contributed by atoms with Crippen molar-refractivity contribution in [2.24, 2.45) is 4.99 Å². The number of nitrogens with zero attached hydrogens (tertiary/aromatic N) is 2. The van der Waals surface area contributed by atoms with Gasteiger partial charge in [0.2, 0.25) is 5.88 Å². The standard InChI is InChI=1S/C22H21N3O5S/c1-30-21(28)17-14-9-5-6-10-16(14)31-19(17)23-11-15-18(26)24-22(29)25(20(15)27)12-13-7-3-2-4-8-13/h2-4,7-8,11,27H,5-6,9-10,12H2,1H3,(H,24,26,29)/b23-11+. The molecule has 2 aromatic heterocycles. The third kappa shape index (κ3) is 4.09. The minimum atomic E-state index is -0.753. The Morgan fingerprint density at radius 2 is 2.00 bits per heavy atom. The van der Waals surface area contributed by atoms with Gasteiger partial charge in [0.15, 0.2) is 0 Å². The van der Waals surface area contributed by atoms with Gasteiger partial charge < -0.3 is 9.84 Å². The molecule has 0 spiro atoms. The van der Waals surface area contributed by atoms with Crippen molar-refractivity contribution in [3.63, 3.8) is 0 Å². The Kier molecular flexibility index (Phi) is 5.85. The number of ether oxygens (including phenoxy) is 1. The van der Waals surface area contributed by atoms with Crippen LogP contribution >= 0.6 is 11.3 Å². The summed E-state index contributed by atoms with van der Waals surface area (Å²) in [4.78, 5) is 44.6. The lowest BCUT2D eigenvalue weighted by molar-refractivity contribution is 0.0601. The molecule has 0 amide bonds. The molecule has 0 unspecified atom stereocenters. The SMILES string of the molecule is COC(=O)c1c(/N=C/c2c(O)n(Cc3ccccc3)c(=O)[nH]c2=O)sc2c1CCCC2. The number of fused-ring (bicyclic) bond motifs is 1. The second-order valence-corrected chi connectivity index (χ2v) is 8.29. The first kappa shape index (κ1) is 20.8. The van der Waals surface area contributed by atoms with Crippen molar-refractivity contribution in [1.29, 1.82) is 0 Å². The fourth-order valence-electron chi connectivity index (χ4n) is 3.68. The molecule has 160 valence electrons. The van der Waals surface area contributed by atoms with E-state index >= 15 is 0 Å². The van der Waals surface area contributed by atoms with Gasteiger partial charge in [0.1, 0.15) is 10.6 Å². The molecule has 0 fully saturated rings. The summed E-state index contributed by atoms with van der Waals surface area (Å²) in [6, 6.07) is 9.10. The van der Waals surface area contributed by atoms with E-state index in [1.807, 2.05) is 30.3 Å². The molecule has 1 aliphatic rings. The zero-order valence-electron chi connectivity index (χ0n) is 16.9. The summed E-state index contributed by atoms with van der Waals surface area (Å²) >= 11 is 1.39. The van der Waals surface area contributed by atoms with E-state index in [-0.39, 0.29) is 12.1 Å². The number of carbonyl (C=O) groups excluding carboxylic acids is 1. The Bertz CT molecular complexity index is 1270. The number of hydrogen-bond acceptors (Lipinski definition) is 7. The first-order valence-electron chi connectivity index (χ1n) is 9.86. The summed E-state index contributed by atoms with van der Waals surface area (Å²) in [7, 11) is 1.32. The van der Waals surface area contributed by atoms with Crippen LogP contribution in [0.5, 0.6) is 5.88 Å².